The third-order valence-electron chi connectivity index (χ3n) is 5.45. The molecule has 0 spiro atoms. The van der Waals surface area contributed by atoms with E-state index < -0.39 is 18.6 Å². The largest absolute Gasteiger partial charge is 0.411 e. The van der Waals surface area contributed by atoms with Crippen LogP contribution in [-0.4, -0.2) is 78.7 Å². The number of anilines is 4. The Morgan fingerprint density at radius 1 is 0.537 bits per heavy atom. The molecule has 0 unspecified atom stereocenters. The Morgan fingerprint density at radius 2 is 0.829 bits per heavy atom. The summed E-state index contributed by atoms with van der Waals surface area (Å²) < 4.78 is 17.2. The standard InChI is InChI=1S/C24H34N8O3S4Si2/c1-33-40-15-27-23(38)31-19-9-5-17(6-10-19)29-21(36)25-13-3-4-14-26-22(37)30-18-7-11-20(12-8-18)32-24(39)28-16-41(34-2)35-40/h5-12H,3-4,13-16H2,1-2H3,(H2,25,29,36)(H2,26,30,37)(H2,27,31,38)(H2,28,32,39). The highest BCUT2D eigenvalue weighted by Crippen LogP contribution is 2.14. The van der Waals surface area contributed by atoms with Gasteiger partial charge in [0.25, 0.3) is 0 Å². The van der Waals surface area contributed by atoms with Crippen molar-refractivity contribution in [3.05, 3.63) is 48.5 Å². The second-order valence-electron chi connectivity index (χ2n) is 8.49. The lowest BCUT2D eigenvalue weighted by atomic mass is 10.3. The fourth-order valence-electron chi connectivity index (χ4n) is 3.36. The van der Waals surface area contributed by atoms with Crippen molar-refractivity contribution in [3.8, 4) is 0 Å². The van der Waals surface area contributed by atoms with Gasteiger partial charge in [-0.3, -0.25) is 0 Å². The Balaban J connectivity index is 1.61. The molecule has 41 heavy (non-hydrogen) atoms. The molecule has 4 heterocycles. The molecule has 0 saturated carbocycles. The molecule has 0 saturated heterocycles. The summed E-state index contributed by atoms with van der Waals surface area (Å²) in [4.78, 5) is 0. The quantitative estimate of drug-likeness (QED) is 0.177. The molecule has 0 aromatic heterocycles. The molecule has 6 rings (SSSR count). The lowest BCUT2D eigenvalue weighted by Gasteiger charge is -2.20. The number of hydrogen-bond acceptors (Lipinski definition) is 7. The zero-order valence-corrected chi connectivity index (χ0v) is 28.0. The van der Waals surface area contributed by atoms with Crippen LogP contribution < -0.4 is 42.5 Å². The first-order chi connectivity index (χ1) is 19.8. The SMILES string of the molecule is CO[Si]1CNC(=S)Nc2ccc(cc2)NC(=S)NCCCCNC(=S)Nc2ccc(cc2)NC(=S)NC[Si](OC)O1. The highest BCUT2D eigenvalue weighted by molar-refractivity contribution is 7.81. The molecule has 4 aliphatic rings. The minimum Gasteiger partial charge on any atom is -0.411 e. The Bertz CT molecular complexity index is 1080. The highest BCUT2D eigenvalue weighted by atomic mass is 32.1. The summed E-state index contributed by atoms with van der Waals surface area (Å²) in [6, 6.07) is 15.4. The minimum absolute atomic E-state index is 0.423. The van der Waals surface area contributed by atoms with Crippen LogP contribution in [0, 0.1) is 0 Å². The van der Waals surface area contributed by atoms with Crippen molar-refractivity contribution < 1.29 is 13.0 Å². The maximum Gasteiger partial charge on any atom is 0.396 e. The molecule has 0 aliphatic carbocycles. The molecule has 0 amide bonds. The average molecular weight is 667 g/mol. The Hall–Kier alpha value is -2.49. The van der Waals surface area contributed by atoms with E-state index in [1.165, 1.54) is 0 Å². The Morgan fingerprint density at radius 3 is 1.12 bits per heavy atom. The van der Waals surface area contributed by atoms with E-state index in [1.54, 1.807) is 14.2 Å². The van der Waals surface area contributed by atoms with Gasteiger partial charge in [-0.15, -0.1) is 0 Å². The molecule has 2 aromatic rings. The van der Waals surface area contributed by atoms with Crippen LogP contribution in [0.4, 0.5) is 22.7 Å². The van der Waals surface area contributed by atoms with Crippen LogP contribution in [0.25, 0.3) is 0 Å². The fourth-order valence-corrected chi connectivity index (χ4v) is 7.63. The monoisotopic (exact) mass is 666 g/mol. The molecule has 220 valence electrons. The van der Waals surface area contributed by atoms with E-state index in [4.69, 9.17) is 61.8 Å². The summed E-state index contributed by atoms with van der Waals surface area (Å²) in [5.74, 6) is 0. The van der Waals surface area contributed by atoms with Gasteiger partial charge in [0, 0.05) is 50.1 Å². The van der Waals surface area contributed by atoms with Crippen molar-refractivity contribution in [2.24, 2.45) is 0 Å². The predicted octanol–water partition coefficient (Wildman–Crippen LogP) is 2.69. The van der Waals surface area contributed by atoms with Crippen LogP contribution in [0.3, 0.4) is 0 Å². The predicted molar refractivity (Wildman–Crippen MR) is 186 cm³/mol. The molecule has 0 atom stereocenters. The van der Waals surface area contributed by atoms with E-state index in [1.807, 2.05) is 48.5 Å². The lowest BCUT2D eigenvalue weighted by molar-refractivity contribution is 0.278. The molecule has 8 N–H and O–H groups in total. The van der Waals surface area contributed by atoms with Crippen molar-refractivity contribution in [2.45, 2.75) is 12.8 Å². The topological polar surface area (TPSA) is 124 Å². The molecule has 2 aromatic carbocycles. The molecular formula is C24H34N8O3S4Si2. The zero-order valence-electron chi connectivity index (χ0n) is 22.7. The van der Waals surface area contributed by atoms with Crippen LogP contribution >= 0.6 is 48.9 Å². The van der Waals surface area contributed by atoms with Gasteiger partial charge in [0.1, 0.15) is 0 Å². The highest BCUT2D eigenvalue weighted by Gasteiger charge is 2.24. The van der Waals surface area contributed by atoms with Gasteiger partial charge in [-0.1, -0.05) is 0 Å². The van der Waals surface area contributed by atoms with E-state index in [9.17, 15) is 0 Å². The van der Waals surface area contributed by atoms with Crippen molar-refractivity contribution in [1.82, 2.24) is 21.3 Å². The summed E-state index contributed by atoms with van der Waals surface area (Å²) in [5, 5.41) is 27.6. The minimum atomic E-state index is -1.70. The van der Waals surface area contributed by atoms with E-state index in [-0.39, 0.29) is 0 Å². The molecule has 0 fully saturated rings. The van der Waals surface area contributed by atoms with Crippen molar-refractivity contribution in [2.75, 3.05) is 60.9 Å². The summed E-state index contributed by atoms with van der Waals surface area (Å²) in [7, 11) is -0.187. The lowest BCUT2D eigenvalue weighted by Crippen LogP contribution is -2.48. The van der Waals surface area contributed by atoms with E-state index in [2.05, 4.69) is 42.5 Å². The summed E-state index contributed by atoms with van der Waals surface area (Å²) in [6.45, 7) is 1.50. The number of thiocarbonyl (C=S) groups is 4. The van der Waals surface area contributed by atoms with E-state index >= 15 is 0 Å². The van der Waals surface area contributed by atoms with Gasteiger partial charge < -0.3 is 55.5 Å². The second-order valence-corrected chi connectivity index (χ2v) is 14.0. The van der Waals surface area contributed by atoms with E-state index in [0.29, 0.717) is 32.8 Å². The Labute approximate surface area is 265 Å². The van der Waals surface area contributed by atoms with Gasteiger partial charge in [-0.25, -0.2) is 0 Å². The van der Waals surface area contributed by atoms with Crippen LogP contribution in [0.1, 0.15) is 12.8 Å². The normalized spacial score (nSPS) is 17.6. The molecular weight excluding hydrogens is 633 g/mol. The van der Waals surface area contributed by atoms with Crippen LogP contribution in [0.2, 0.25) is 0 Å². The average Bonchev–Trinajstić information content (AvgIpc) is 2.96. The Kier molecular flexibility index (Phi) is 14.6. The molecule has 17 heteroatoms. The van der Waals surface area contributed by atoms with Crippen LogP contribution in [-0.2, 0) is 13.0 Å². The van der Waals surface area contributed by atoms with Gasteiger partial charge in [0.2, 0.25) is 0 Å². The zero-order chi connectivity index (χ0) is 29.5. The maximum absolute atomic E-state index is 6.11. The first kappa shape index (κ1) is 33.0. The number of rotatable bonds is 2. The third kappa shape index (κ3) is 12.9. The maximum atomic E-state index is 6.11. The van der Waals surface area contributed by atoms with Gasteiger partial charge in [-0.2, -0.15) is 0 Å². The van der Waals surface area contributed by atoms with Crippen molar-refractivity contribution in [3.63, 3.8) is 0 Å². The van der Waals surface area contributed by atoms with Gasteiger partial charge in [-0.05, 0) is 110 Å². The summed E-state index contributed by atoms with van der Waals surface area (Å²) in [5.41, 5.74) is 3.42. The first-order valence-corrected chi connectivity index (χ1v) is 17.4. The molecule has 4 aliphatic heterocycles. The summed E-state index contributed by atoms with van der Waals surface area (Å²) in [6.07, 6.45) is 2.71. The van der Waals surface area contributed by atoms with Crippen LogP contribution in [0.5, 0.6) is 0 Å². The number of benzene rings is 2. The smallest absolute Gasteiger partial charge is 0.396 e. The van der Waals surface area contributed by atoms with Crippen molar-refractivity contribution >= 4 is 111 Å². The second kappa shape index (κ2) is 18.1. The van der Waals surface area contributed by atoms with E-state index in [0.717, 1.165) is 48.7 Å². The van der Waals surface area contributed by atoms with Crippen LogP contribution in [0.15, 0.2) is 48.5 Å². The first-order valence-electron chi connectivity index (χ1n) is 12.7. The fraction of sp³-hybridized carbons (Fsp3) is 0.333. The number of hydrogen-bond donors (Lipinski definition) is 8. The molecule has 11 nitrogen and oxygen atoms in total. The molecule has 4 bridgehead atoms. The number of nitrogens with one attached hydrogen (secondary N) is 8. The van der Waals surface area contributed by atoms with Gasteiger partial charge in [0.15, 0.2) is 20.4 Å². The molecule has 2 radical (unpaired) electrons. The van der Waals surface area contributed by atoms with Gasteiger partial charge >= 0.3 is 18.6 Å². The third-order valence-corrected chi connectivity index (χ3v) is 10.1. The summed E-state index contributed by atoms with van der Waals surface area (Å²) >= 11 is 21.7. The van der Waals surface area contributed by atoms with Gasteiger partial charge in [0.05, 0.1) is 12.3 Å². The van der Waals surface area contributed by atoms with Crippen molar-refractivity contribution in [1.29, 1.82) is 0 Å².